The first-order chi connectivity index (χ1) is 15.1. The average molecular weight is 415 g/mol. The van der Waals surface area contributed by atoms with Crippen LogP contribution in [0.25, 0.3) is 11.1 Å². The molecule has 160 valence electrons. The Hall–Kier alpha value is -3.11. The zero-order chi connectivity index (χ0) is 21.6. The zero-order valence-corrected chi connectivity index (χ0v) is 18.3. The summed E-state index contributed by atoms with van der Waals surface area (Å²) in [6, 6.07) is 25.0. The van der Waals surface area contributed by atoms with Crippen molar-refractivity contribution in [2.45, 2.75) is 32.4 Å². The van der Waals surface area contributed by atoms with Crippen LogP contribution in [0.3, 0.4) is 0 Å². The normalized spacial score (nSPS) is 14.9. The van der Waals surface area contributed by atoms with E-state index in [1.165, 1.54) is 22.3 Å². The number of rotatable bonds is 6. The minimum absolute atomic E-state index is 0.00745. The van der Waals surface area contributed by atoms with E-state index in [2.05, 4.69) is 65.7 Å². The smallest absolute Gasteiger partial charge is 0.251 e. The number of hydrogen-bond acceptors (Lipinski definition) is 3. The Morgan fingerprint density at radius 3 is 2.32 bits per heavy atom. The highest BCUT2D eigenvalue weighted by atomic mass is 16.5. The first kappa shape index (κ1) is 21.1. The molecule has 31 heavy (non-hydrogen) atoms. The van der Waals surface area contributed by atoms with Crippen molar-refractivity contribution in [2.24, 2.45) is 0 Å². The molecule has 0 spiro atoms. The summed E-state index contributed by atoms with van der Waals surface area (Å²) in [6.45, 7) is 5.05. The molecule has 1 fully saturated rings. The quantitative estimate of drug-likeness (QED) is 0.613. The Morgan fingerprint density at radius 2 is 1.65 bits per heavy atom. The lowest BCUT2D eigenvalue weighted by Gasteiger charge is -2.32. The summed E-state index contributed by atoms with van der Waals surface area (Å²) in [5, 5.41) is 3.19. The Labute approximate surface area is 184 Å². The molecular weight excluding hydrogens is 384 g/mol. The molecule has 0 atom stereocenters. The largest absolute Gasteiger partial charge is 0.497 e. The molecule has 1 aliphatic heterocycles. The van der Waals surface area contributed by atoms with Crippen LogP contribution in [0.1, 0.15) is 34.3 Å². The van der Waals surface area contributed by atoms with E-state index in [9.17, 15) is 4.79 Å². The number of hydrogen-bond donors (Lipinski definition) is 1. The summed E-state index contributed by atoms with van der Waals surface area (Å²) in [7, 11) is 1.63. The maximum atomic E-state index is 12.5. The van der Waals surface area contributed by atoms with Gasteiger partial charge in [-0.15, -0.1) is 0 Å². The van der Waals surface area contributed by atoms with Gasteiger partial charge < -0.3 is 10.1 Å². The van der Waals surface area contributed by atoms with Crippen molar-refractivity contribution in [3.05, 3.63) is 89.5 Å². The van der Waals surface area contributed by atoms with Crippen LogP contribution in [0.15, 0.2) is 72.8 Å². The molecule has 0 unspecified atom stereocenters. The highest BCUT2D eigenvalue weighted by Crippen LogP contribution is 2.23. The lowest BCUT2D eigenvalue weighted by Crippen LogP contribution is -2.44. The van der Waals surface area contributed by atoms with E-state index in [-0.39, 0.29) is 11.9 Å². The highest BCUT2D eigenvalue weighted by molar-refractivity contribution is 5.94. The van der Waals surface area contributed by atoms with Gasteiger partial charge in [-0.05, 0) is 66.8 Å². The number of carbonyl (C=O) groups is 1. The fourth-order valence-corrected chi connectivity index (χ4v) is 4.18. The zero-order valence-electron chi connectivity index (χ0n) is 18.3. The minimum Gasteiger partial charge on any atom is -0.497 e. The van der Waals surface area contributed by atoms with Gasteiger partial charge in [0.25, 0.3) is 5.91 Å². The third-order valence-corrected chi connectivity index (χ3v) is 5.96. The van der Waals surface area contributed by atoms with Crippen molar-refractivity contribution < 1.29 is 9.53 Å². The van der Waals surface area contributed by atoms with Crippen LogP contribution in [-0.2, 0) is 6.54 Å². The highest BCUT2D eigenvalue weighted by Gasteiger charge is 2.21. The van der Waals surface area contributed by atoms with Crippen LogP contribution in [0.2, 0.25) is 0 Å². The number of piperidine rings is 1. The summed E-state index contributed by atoms with van der Waals surface area (Å²) < 4.78 is 5.16. The van der Waals surface area contributed by atoms with Crippen molar-refractivity contribution in [3.63, 3.8) is 0 Å². The lowest BCUT2D eigenvalue weighted by atomic mass is 10.00. The molecule has 0 saturated carbocycles. The number of nitrogens with zero attached hydrogens (tertiary/aromatic N) is 1. The van der Waals surface area contributed by atoms with Crippen molar-refractivity contribution >= 4 is 5.91 Å². The molecule has 4 heteroatoms. The third kappa shape index (κ3) is 5.53. The molecule has 3 aromatic carbocycles. The van der Waals surface area contributed by atoms with Gasteiger partial charge in [0.1, 0.15) is 5.75 Å². The molecule has 1 aliphatic rings. The summed E-state index contributed by atoms with van der Waals surface area (Å²) >= 11 is 0. The average Bonchev–Trinajstić information content (AvgIpc) is 2.80. The summed E-state index contributed by atoms with van der Waals surface area (Å²) in [5.41, 5.74) is 5.82. The van der Waals surface area contributed by atoms with Gasteiger partial charge in [-0.1, -0.05) is 48.0 Å². The van der Waals surface area contributed by atoms with Crippen molar-refractivity contribution in [3.8, 4) is 16.9 Å². The maximum Gasteiger partial charge on any atom is 0.251 e. The number of aryl methyl sites for hydroxylation is 1. The number of ether oxygens (including phenoxy) is 1. The van der Waals surface area contributed by atoms with Crippen LogP contribution >= 0.6 is 0 Å². The fourth-order valence-electron chi connectivity index (χ4n) is 4.18. The summed E-state index contributed by atoms with van der Waals surface area (Å²) in [6.07, 6.45) is 1.94. The Balaban J connectivity index is 1.30. The first-order valence-electron chi connectivity index (χ1n) is 10.9. The summed E-state index contributed by atoms with van der Waals surface area (Å²) in [4.78, 5) is 15.0. The molecule has 1 heterocycles. The van der Waals surface area contributed by atoms with Gasteiger partial charge >= 0.3 is 0 Å². The lowest BCUT2D eigenvalue weighted by molar-refractivity contribution is 0.0909. The Morgan fingerprint density at radius 1 is 0.968 bits per heavy atom. The predicted octanol–water partition coefficient (Wildman–Crippen LogP) is 5.07. The van der Waals surface area contributed by atoms with E-state index in [1.807, 2.05) is 24.3 Å². The van der Waals surface area contributed by atoms with E-state index >= 15 is 0 Å². The first-order valence-corrected chi connectivity index (χ1v) is 10.9. The molecule has 4 rings (SSSR count). The molecular formula is C27H30N2O2. The molecule has 0 aromatic heterocycles. The molecule has 1 N–H and O–H groups in total. The molecule has 3 aromatic rings. The molecule has 1 amide bonds. The number of benzene rings is 3. The topological polar surface area (TPSA) is 41.6 Å². The number of amides is 1. The van der Waals surface area contributed by atoms with Gasteiger partial charge in [-0.25, -0.2) is 0 Å². The SMILES string of the molecule is COc1ccc(C(=O)NC2CCN(Cc3cccc(-c4cccc(C)c4)c3)CC2)cc1. The summed E-state index contributed by atoms with van der Waals surface area (Å²) in [5.74, 6) is 0.753. The van der Waals surface area contributed by atoms with Crippen LogP contribution in [0.4, 0.5) is 0 Å². The number of nitrogens with one attached hydrogen (secondary N) is 1. The second kappa shape index (κ2) is 9.80. The monoisotopic (exact) mass is 414 g/mol. The van der Waals surface area contributed by atoms with Crippen LogP contribution in [0.5, 0.6) is 5.75 Å². The van der Waals surface area contributed by atoms with Crippen molar-refractivity contribution in [2.75, 3.05) is 20.2 Å². The molecule has 1 saturated heterocycles. The van der Waals surface area contributed by atoms with Gasteiger partial charge in [0.2, 0.25) is 0 Å². The van der Waals surface area contributed by atoms with E-state index in [0.717, 1.165) is 38.2 Å². The fraction of sp³-hybridized carbons (Fsp3) is 0.296. The molecule has 4 nitrogen and oxygen atoms in total. The Kier molecular flexibility index (Phi) is 6.68. The standard InChI is InChI=1S/C27H30N2O2/c1-20-5-3-7-23(17-20)24-8-4-6-21(18-24)19-29-15-13-25(14-16-29)28-27(30)22-9-11-26(31-2)12-10-22/h3-12,17-18,25H,13-16,19H2,1-2H3,(H,28,30). The second-order valence-corrected chi connectivity index (χ2v) is 8.32. The number of carbonyl (C=O) groups excluding carboxylic acids is 1. The minimum atomic E-state index is -0.00745. The third-order valence-electron chi connectivity index (χ3n) is 5.96. The maximum absolute atomic E-state index is 12.5. The molecule has 0 radical (unpaired) electrons. The van der Waals surface area contributed by atoms with E-state index in [4.69, 9.17) is 4.74 Å². The Bertz CT molecular complexity index is 1020. The molecule has 0 aliphatic carbocycles. The van der Waals surface area contributed by atoms with Gasteiger partial charge in [0, 0.05) is 31.2 Å². The van der Waals surface area contributed by atoms with Crippen LogP contribution in [-0.4, -0.2) is 37.0 Å². The predicted molar refractivity (Wildman–Crippen MR) is 125 cm³/mol. The van der Waals surface area contributed by atoms with Gasteiger partial charge in [-0.2, -0.15) is 0 Å². The van der Waals surface area contributed by atoms with E-state index in [1.54, 1.807) is 7.11 Å². The molecule has 0 bridgehead atoms. The van der Waals surface area contributed by atoms with E-state index < -0.39 is 0 Å². The van der Waals surface area contributed by atoms with Gasteiger partial charge in [0.15, 0.2) is 0 Å². The van der Waals surface area contributed by atoms with Crippen molar-refractivity contribution in [1.82, 2.24) is 10.2 Å². The van der Waals surface area contributed by atoms with Crippen LogP contribution in [0, 0.1) is 6.92 Å². The van der Waals surface area contributed by atoms with Gasteiger partial charge in [0.05, 0.1) is 7.11 Å². The van der Waals surface area contributed by atoms with Crippen molar-refractivity contribution in [1.29, 1.82) is 0 Å². The number of likely N-dealkylation sites (tertiary alicyclic amines) is 1. The van der Waals surface area contributed by atoms with Gasteiger partial charge in [-0.3, -0.25) is 9.69 Å². The number of methoxy groups -OCH3 is 1. The van der Waals surface area contributed by atoms with Crippen LogP contribution < -0.4 is 10.1 Å². The second-order valence-electron chi connectivity index (χ2n) is 8.32. The van der Waals surface area contributed by atoms with E-state index in [0.29, 0.717) is 5.56 Å².